The van der Waals surface area contributed by atoms with E-state index in [4.69, 9.17) is 0 Å². The molecule has 0 aliphatic rings. The van der Waals surface area contributed by atoms with Crippen LogP contribution in [0, 0.1) is 0 Å². The molecule has 0 atom stereocenters. The molecule has 1 nitrogen and oxygen atoms in total. The fourth-order valence-electron chi connectivity index (χ4n) is 0.748. The molecule has 0 saturated heterocycles. The van der Waals surface area contributed by atoms with E-state index in [1.807, 2.05) is 0 Å². The highest BCUT2D eigenvalue weighted by Gasteiger charge is 2.81. The quantitative estimate of drug-likeness (QED) is 0.546. The van der Waals surface area contributed by atoms with Crippen LogP contribution in [0.5, 0.6) is 0 Å². The van der Waals surface area contributed by atoms with Crippen LogP contribution in [0.4, 0.5) is 57.1 Å². The van der Waals surface area contributed by atoms with Crippen LogP contribution in [0.1, 0.15) is 0 Å². The van der Waals surface area contributed by atoms with E-state index >= 15 is 0 Å². The number of alkyl halides is 13. The van der Waals surface area contributed by atoms with Gasteiger partial charge in [0.15, 0.2) is 0 Å². The Hall–Kier alpha value is -0.950. The molecule has 0 saturated carbocycles. The van der Waals surface area contributed by atoms with Gasteiger partial charge in [-0.05, 0) is 0 Å². The first-order valence-corrected chi connectivity index (χ1v) is 3.63. The lowest BCUT2D eigenvalue weighted by atomic mass is 10.3. The molecule has 0 amide bonds. The summed E-state index contributed by atoms with van der Waals surface area (Å²) >= 11 is 0. The molecular formula is C5F13N. The third-order valence-electron chi connectivity index (χ3n) is 1.50. The number of nitrogens with zero attached hydrogens (tertiary/aromatic N) is 1. The molecule has 0 aliphatic carbocycles. The average Bonchev–Trinajstić information content (AvgIpc) is 1.93. The molecule has 19 heavy (non-hydrogen) atoms. The Bertz CT molecular complexity index is 291. The normalized spacial score (nSPS) is 16.1. The number of halogens is 13. The monoisotopic (exact) mass is 321 g/mol. The first-order valence-electron chi connectivity index (χ1n) is 3.63. The van der Waals surface area contributed by atoms with E-state index in [2.05, 4.69) is 0 Å². The molecule has 0 aromatic rings. The minimum Gasteiger partial charge on any atom is -0.177 e. The summed E-state index contributed by atoms with van der Waals surface area (Å²) in [5, 5.41) is 0. The Morgan fingerprint density at radius 1 is 0.421 bits per heavy atom. The molecular weight excluding hydrogens is 321 g/mol. The maximum atomic E-state index is 12.2. The predicted molar refractivity (Wildman–Crippen MR) is 29.9 cm³/mol. The second kappa shape index (κ2) is 4.28. The predicted octanol–water partition coefficient (Wildman–Crippen LogP) is 4.12. The molecule has 0 bridgehead atoms. The van der Waals surface area contributed by atoms with Crippen molar-refractivity contribution in [2.45, 2.75) is 30.7 Å². The van der Waals surface area contributed by atoms with Crippen LogP contribution in [0.25, 0.3) is 0 Å². The van der Waals surface area contributed by atoms with Crippen molar-refractivity contribution in [3.63, 3.8) is 0 Å². The molecule has 14 heteroatoms. The molecule has 0 rings (SSSR count). The van der Waals surface area contributed by atoms with Gasteiger partial charge in [0.1, 0.15) is 0 Å². The van der Waals surface area contributed by atoms with Crippen molar-refractivity contribution in [2.75, 3.05) is 0 Å². The Balaban J connectivity index is 6.05. The SMILES string of the molecule is FC(F)(F)N(C(F)(F)C(F)(F)F)C(F)(F)C(F)(F)F. The standard InChI is InChI=1S/C5F13N/c6-1(7,8)3(12,13)19(5(16,17)18)4(14,15)2(9,10)11. The Kier molecular flexibility index (Phi) is 4.06. The molecule has 116 valence electrons. The van der Waals surface area contributed by atoms with Crippen molar-refractivity contribution in [2.24, 2.45) is 0 Å². The van der Waals surface area contributed by atoms with Crippen molar-refractivity contribution < 1.29 is 57.1 Å². The van der Waals surface area contributed by atoms with Gasteiger partial charge >= 0.3 is 30.7 Å². The van der Waals surface area contributed by atoms with E-state index in [0.29, 0.717) is 0 Å². The van der Waals surface area contributed by atoms with Crippen LogP contribution in [-0.4, -0.2) is 35.6 Å². The fraction of sp³-hybridized carbons (Fsp3) is 1.00. The third-order valence-corrected chi connectivity index (χ3v) is 1.50. The Morgan fingerprint density at radius 3 is 0.737 bits per heavy atom. The number of hydrogen-bond acceptors (Lipinski definition) is 1. The molecule has 0 spiro atoms. The molecule has 0 aliphatic heterocycles. The third kappa shape index (κ3) is 3.14. The van der Waals surface area contributed by atoms with Gasteiger partial charge < -0.3 is 0 Å². The second-order valence-corrected chi connectivity index (χ2v) is 2.88. The summed E-state index contributed by atoms with van der Waals surface area (Å²) in [6.45, 7) is 0. The first-order chi connectivity index (χ1) is 7.87. The Labute approximate surface area is 94.1 Å². The lowest BCUT2D eigenvalue weighted by molar-refractivity contribution is -0.496. The van der Waals surface area contributed by atoms with E-state index in [1.54, 1.807) is 0 Å². The lowest BCUT2D eigenvalue weighted by Crippen LogP contribution is -2.68. The first kappa shape index (κ1) is 18.0. The summed E-state index contributed by atoms with van der Waals surface area (Å²) in [4.78, 5) is -4.19. The molecule has 0 unspecified atom stereocenters. The molecule has 0 aromatic carbocycles. The van der Waals surface area contributed by atoms with Gasteiger partial charge in [-0.1, -0.05) is 4.90 Å². The highest BCUT2D eigenvalue weighted by atomic mass is 19.4. The molecule has 0 heterocycles. The van der Waals surface area contributed by atoms with Gasteiger partial charge in [-0.15, -0.1) is 0 Å². The summed E-state index contributed by atoms with van der Waals surface area (Å²) in [5.74, 6) is 0. The van der Waals surface area contributed by atoms with Gasteiger partial charge in [0.25, 0.3) is 0 Å². The summed E-state index contributed by atoms with van der Waals surface area (Å²) in [5.41, 5.74) is 0. The smallest absolute Gasteiger partial charge is 0.177 e. The van der Waals surface area contributed by atoms with Crippen LogP contribution in [-0.2, 0) is 0 Å². The zero-order chi connectivity index (χ0) is 16.1. The minimum absolute atomic E-state index is 4.19. The number of rotatable bonds is 2. The van der Waals surface area contributed by atoms with Crippen molar-refractivity contribution in [1.29, 1.82) is 0 Å². The van der Waals surface area contributed by atoms with Gasteiger partial charge in [-0.3, -0.25) is 0 Å². The zero-order valence-electron chi connectivity index (χ0n) is 7.86. The van der Waals surface area contributed by atoms with E-state index < -0.39 is 35.6 Å². The summed E-state index contributed by atoms with van der Waals surface area (Å²) in [6.07, 6.45) is -21.9. The molecule has 0 fully saturated rings. The lowest BCUT2D eigenvalue weighted by Gasteiger charge is -2.38. The van der Waals surface area contributed by atoms with E-state index in [9.17, 15) is 57.1 Å². The van der Waals surface area contributed by atoms with Gasteiger partial charge in [0.2, 0.25) is 0 Å². The molecule has 0 N–H and O–H groups in total. The molecule has 0 aromatic heterocycles. The van der Waals surface area contributed by atoms with Crippen molar-refractivity contribution in [3.8, 4) is 0 Å². The minimum atomic E-state index is -7.48. The van der Waals surface area contributed by atoms with E-state index in [1.165, 1.54) is 0 Å². The fourth-order valence-corrected chi connectivity index (χ4v) is 0.748. The highest BCUT2D eigenvalue weighted by molar-refractivity contribution is 4.88. The van der Waals surface area contributed by atoms with Crippen molar-refractivity contribution in [1.82, 2.24) is 4.90 Å². The number of hydrogen-bond donors (Lipinski definition) is 0. The summed E-state index contributed by atoms with van der Waals surface area (Å²) in [6, 6.07) is -15.0. The maximum absolute atomic E-state index is 12.2. The summed E-state index contributed by atoms with van der Waals surface area (Å²) in [7, 11) is 0. The van der Waals surface area contributed by atoms with Crippen LogP contribution in [0.2, 0.25) is 0 Å². The second-order valence-electron chi connectivity index (χ2n) is 2.88. The van der Waals surface area contributed by atoms with Gasteiger partial charge in [0, 0.05) is 0 Å². The van der Waals surface area contributed by atoms with Crippen LogP contribution >= 0.6 is 0 Å². The maximum Gasteiger partial charge on any atom is 0.470 e. The van der Waals surface area contributed by atoms with Crippen LogP contribution < -0.4 is 0 Å². The van der Waals surface area contributed by atoms with E-state index in [0.717, 1.165) is 0 Å². The van der Waals surface area contributed by atoms with E-state index in [-0.39, 0.29) is 0 Å². The van der Waals surface area contributed by atoms with Gasteiger partial charge in [-0.2, -0.15) is 57.1 Å². The van der Waals surface area contributed by atoms with Crippen molar-refractivity contribution in [3.05, 3.63) is 0 Å². The summed E-state index contributed by atoms with van der Waals surface area (Å²) < 4.78 is 153. The van der Waals surface area contributed by atoms with Crippen molar-refractivity contribution >= 4 is 0 Å². The highest BCUT2D eigenvalue weighted by Crippen LogP contribution is 2.52. The molecule has 0 radical (unpaired) electrons. The van der Waals surface area contributed by atoms with Crippen LogP contribution in [0.15, 0.2) is 0 Å². The van der Waals surface area contributed by atoms with Gasteiger partial charge in [-0.25, -0.2) is 0 Å². The largest absolute Gasteiger partial charge is 0.470 e. The zero-order valence-corrected chi connectivity index (χ0v) is 7.86. The van der Waals surface area contributed by atoms with Crippen LogP contribution in [0.3, 0.4) is 0 Å². The average molecular weight is 321 g/mol. The Morgan fingerprint density at radius 2 is 0.632 bits per heavy atom. The van der Waals surface area contributed by atoms with Gasteiger partial charge in [0.05, 0.1) is 0 Å². The topological polar surface area (TPSA) is 3.24 Å².